The minimum absolute atomic E-state index is 0. The average Bonchev–Trinajstić information content (AvgIpc) is 3.65. The molecule has 8 heteroatoms. The summed E-state index contributed by atoms with van der Waals surface area (Å²) in [6, 6.07) is 15.2. The van der Waals surface area contributed by atoms with Gasteiger partial charge in [-0.05, 0) is 68.3 Å². The van der Waals surface area contributed by atoms with E-state index in [0.29, 0.717) is 36.6 Å². The number of carbonyl (C=O) groups excluding carboxylic acids is 2. The maximum atomic E-state index is 14.0. The number of nitrogens with zero attached hydrogens (tertiary/aromatic N) is 2. The van der Waals surface area contributed by atoms with Crippen molar-refractivity contribution in [3.8, 4) is 11.5 Å². The van der Waals surface area contributed by atoms with E-state index in [-0.39, 0.29) is 35.9 Å². The van der Waals surface area contributed by atoms with Crippen LogP contribution in [0.15, 0.2) is 48.5 Å². The van der Waals surface area contributed by atoms with Gasteiger partial charge in [0.25, 0.3) is 5.91 Å². The third kappa shape index (κ3) is 3.03. The molecule has 1 aromatic heterocycles. The fourth-order valence-electron chi connectivity index (χ4n) is 8.02. The Morgan fingerprint density at radius 1 is 1.13 bits per heavy atom. The molecule has 5 aliphatic rings. The number of aromatic nitrogens is 1. The molecule has 3 fully saturated rings. The monoisotopic (exact) mass is 531 g/mol. The molecule has 2 aliphatic heterocycles. The maximum Gasteiger partial charge on any atom is 0.270 e. The van der Waals surface area contributed by atoms with Crippen LogP contribution in [0, 0.1) is 5.92 Å². The lowest BCUT2D eigenvalue weighted by molar-refractivity contribution is -0.143. The van der Waals surface area contributed by atoms with Crippen LogP contribution >= 0.6 is 12.4 Å². The van der Waals surface area contributed by atoms with Gasteiger partial charge >= 0.3 is 0 Å². The molecule has 1 saturated heterocycles. The Kier molecular flexibility index (Phi) is 5.14. The number of ether oxygens (including phenoxy) is 1. The SMILES string of the molecule is Cl.O=C(N[C@@]12CCC(=O)[C@@H]3Oc4c(O)ccc5c4[C@@]31CCN(CC1CC1)[C@@H]2C5)c1ccc2ccccc2n1. The lowest BCUT2D eigenvalue weighted by Crippen LogP contribution is -2.82. The van der Waals surface area contributed by atoms with E-state index in [2.05, 4.69) is 15.2 Å². The molecule has 3 aliphatic carbocycles. The summed E-state index contributed by atoms with van der Waals surface area (Å²) in [6.45, 7) is 1.88. The molecule has 1 amide bonds. The van der Waals surface area contributed by atoms with Crippen LogP contribution in [0.4, 0.5) is 0 Å². The summed E-state index contributed by atoms with van der Waals surface area (Å²) in [5.74, 6) is 1.07. The first-order valence-corrected chi connectivity index (χ1v) is 13.5. The number of nitrogens with one attached hydrogen (secondary N) is 1. The normalized spacial score (nSPS) is 30.8. The fourth-order valence-corrected chi connectivity index (χ4v) is 8.02. The Morgan fingerprint density at radius 2 is 1.97 bits per heavy atom. The van der Waals surface area contributed by atoms with Gasteiger partial charge in [-0.3, -0.25) is 14.5 Å². The van der Waals surface area contributed by atoms with E-state index in [1.54, 1.807) is 12.1 Å². The highest BCUT2D eigenvalue weighted by atomic mass is 35.5. The van der Waals surface area contributed by atoms with Crippen LogP contribution in [-0.4, -0.2) is 57.5 Å². The molecule has 3 aromatic rings. The van der Waals surface area contributed by atoms with Gasteiger partial charge in [0.15, 0.2) is 23.4 Å². The zero-order valence-corrected chi connectivity index (χ0v) is 21.8. The summed E-state index contributed by atoms with van der Waals surface area (Å²) in [5, 5.41) is 15.3. The minimum atomic E-state index is -0.695. The van der Waals surface area contributed by atoms with E-state index in [1.165, 1.54) is 12.8 Å². The number of likely N-dealkylation sites (tertiary alicyclic amines) is 1. The molecule has 7 nitrogen and oxygen atoms in total. The quantitative estimate of drug-likeness (QED) is 0.530. The molecule has 1 spiro atoms. The van der Waals surface area contributed by atoms with Crippen LogP contribution < -0.4 is 10.1 Å². The van der Waals surface area contributed by atoms with Crippen molar-refractivity contribution in [3.05, 3.63) is 65.4 Å². The zero-order valence-electron chi connectivity index (χ0n) is 21.0. The number of amides is 1. The molecular weight excluding hydrogens is 502 g/mol. The highest BCUT2D eigenvalue weighted by Gasteiger charge is 2.74. The molecule has 0 unspecified atom stereocenters. The predicted molar refractivity (Wildman–Crippen MR) is 144 cm³/mol. The first-order valence-electron chi connectivity index (χ1n) is 13.5. The van der Waals surface area contributed by atoms with Gasteiger partial charge < -0.3 is 15.2 Å². The Hall–Kier alpha value is -3.16. The Bertz CT molecular complexity index is 1510. The summed E-state index contributed by atoms with van der Waals surface area (Å²) < 4.78 is 6.34. The van der Waals surface area contributed by atoms with E-state index in [9.17, 15) is 14.7 Å². The van der Waals surface area contributed by atoms with Gasteiger partial charge in [-0.25, -0.2) is 4.98 Å². The van der Waals surface area contributed by atoms with Crippen molar-refractivity contribution in [2.75, 3.05) is 13.1 Å². The second kappa shape index (κ2) is 8.17. The summed E-state index contributed by atoms with van der Waals surface area (Å²) >= 11 is 0. The summed E-state index contributed by atoms with van der Waals surface area (Å²) in [4.78, 5) is 34.6. The number of rotatable bonds is 4. The molecule has 4 atom stereocenters. The minimum Gasteiger partial charge on any atom is -0.504 e. The van der Waals surface area contributed by atoms with Crippen molar-refractivity contribution in [1.29, 1.82) is 0 Å². The van der Waals surface area contributed by atoms with E-state index >= 15 is 0 Å². The Morgan fingerprint density at radius 3 is 2.82 bits per heavy atom. The third-order valence-corrected chi connectivity index (χ3v) is 9.78. The van der Waals surface area contributed by atoms with Crippen molar-refractivity contribution in [2.45, 2.75) is 61.6 Å². The molecular formula is C30H30ClN3O4. The average molecular weight is 532 g/mol. The van der Waals surface area contributed by atoms with E-state index in [0.717, 1.165) is 41.5 Å². The van der Waals surface area contributed by atoms with Gasteiger partial charge in [0.2, 0.25) is 0 Å². The summed E-state index contributed by atoms with van der Waals surface area (Å²) in [5.41, 5.74) is 1.86. The van der Waals surface area contributed by atoms with Crippen LogP contribution in [0.2, 0.25) is 0 Å². The Balaban J connectivity index is 0.00000242. The molecule has 3 heterocycles. The second-order valence-electron chi connectivity index (χ2n) is 11.6. The molecule has 8 rings (SSSR count). The van der Waals surface area contributed by atoms with Gasteiger partial charge in [0.05, 0.1) is 16.5 Å². The summed E-state index contributed by atoms with van der Waals surface area (Å²) in [7, 11) is 0. The molecule has 0 radical (unpaired) electrons. The number of phenolic OH excluding ortho intramolecular Hbond substituents is 1. The van der Waals surface area contributed by atoms with Crippen molar-refractivity contribution >= 4 is 35.0 Å². The van der Waals surface area contributed by atoms with Gasteiger partial charge in [0, 0.05) is 30.0 Å². The van der Waals surface area contributed by atoms with Gasteiger partial charge in [-0.15, -0.1) is 12.4 Å². The molecule has 196 valence electrons. The third-order valence-electron chi connectivity index (χ3n) is 9.78. The molecule has 2 bridgehead atoms. The number of benzene rings is 2. The van der Waals surface area contributed by atoms with Crippen molar-refractivity contribution < 1.29 is 19.4 Å². The number of fused-ring (bicyclic) bond motifs is 1. The Labute approximate surface area is 227 Å². The number of aromatic hydroxyl groups is 1. The van der Waals surface area contributed by atoms with E-state index < -0.39 is 17.1 Å². The smallest absolute Gasteiger partial charge is 0.270 e. The first-order chi connectivity index (χ1) is 18.0. The highest BCUT2D eigenvalue weighted by Crippen LogP contribution is 2.65. The maximum absolute atomic E-state index is 14.0. The topological polar surface area (TPSA) is 91.8 Å². The van der Waals surface area contributed by atoms with Gasteiger partial charge in [-0.1, -0.05) is 30.3 Å². The molecule has 38 heavy (non-hydrogen) atoms. The lowest BCUT2D eigenvalue weighted by atomic mass is 9.47. The number of pyridine rings is 1. The number of Topliss-reactive ketones (excluding diaryl/α,β-unsaturated/α-hetero) is 1. The van der Waals surface area contributed by atoms with E-state index in [1.807, 2.05) is 36.4 Å². The van der Waals surface area contributed by atoms with Crippen LogP contribution in [0.5, 0.6) is 11.5 Å². The van der Waals surface area contributed by atoms with Crippen LogP contribution in [0.3, 0.4) is 0 Å². The predicted octanol–water partition coefficient (Wildman–Crippen LogP) is 3.93. The number of ketones is 1. The van der Waals surface area contributed by atoms with Crippen molar-refractivity contribution in [2.24, 2.45) is 5.92 Å². The van der Waals surface area contributed by atoms with Crippen LogP contribution in [0.25, 0.3) is 10.9 Å². The number of para-hydroxylation sites is 1. The number of hydrogen-bond acceptors (Lipinski definition) is 6. The number of carbonyl (C=O) groups is 2. The van der Waals surface area contributed by atoms with Gasteiger partial charge in [0.1, 0.15) is 5.69 Å². The number of phenols is 1. The second-order valence-corrected chi connectivity index (χ2v) is 11.6. The highest BCUT2D eigenvalue weighted by molar-refractivity contribution is 5.97. The van der Waals surface area contributed by atoms with Crippen LogP contribution in [-0.2, 0) is 16.6 Å². The number of piperidine rings is 1. The summed E-state index contributed by atoms with van der Waals surface area (Å²) in [6.07, 6.45) is 4.19. The van der Waals surface area contributed by atoms with Crippen LogP contribution in [0.1, 0.15) is 53.7 Å². The molecule has 2 aromatic carbocycles. The standard InChI is InChI=1S/C30H29N3O4.ClH/c34-22-10-8-19-15-24-30(32-28(36)21-9-7-18-3-1-2-4-20(18)31-21)12-11-23(35)27-29(30,25(19)26(22)37-27)13-14-33(24)16-17-5-6-17;/h1-4,7-10,17,24,27,34H,5-6,11-16H2,(H,32,36);1H/t24-,27+,29+,30-;/m1./s1. The fraction of sp³-hybridized carbons (Fsp3) is 0.433. The van der Waals surface area contributed by atoms with E-state index in [4.69, 9.17) is 4.74 Å². The molecule has 2 N–H and O–H groups in total. The molecule has 2 saturated carbocycles. The van der Waals surface area contributed by atoms with Crippen molar-refractivity contribution in [1.82, 2.24) is 15.2 Å². The zero-order chi connectivity index (χ0) is 24.9. The van der Waals surface area contributed by atoms with Crippen molar-refractivity contribution in [3.63, 3.8) is 0 Å². The lowest BCUT2D eigenvalue weighted by Gasteiger charge is -2.65. The first kappa shape index (κ1) is 23.9. The number of halogens is 1. The number of hydrogen-bond donors (Lipinski definition) is 2. The largest absolute Gasteiger partial charge is 0.504 e. The van der Waals surface area contributed by atoms with Gasteiger partial charge in [-0.2, -0.15) is 0 Å².